The molecule has 2 aliphatic carbocycles. The van der Waals surface area contributed by atoms with Crippen LogP contribution in [0.15, 0.2) is 12.2 Å². The summed E-state index contributed by atoms with van der Waals surface area (Å²) in [4.78, 5) is 0. The molecular formula is C20H33N. The van der Waals surface area contributed by atoms with Crippen LogP contribution in [0, 0.1) is 34.5 Å². The molecule has 1 heteroatoms. The van der Waals surface area contributed by atoms with Crippen molar-refractivity contribution in [1.29, 1.82) is 5.26 Å². The highest BCUT2D eigenvalue weighted by Crippen LogP contribution is 2.46. The number of unbranched alkanes of at least 4 members (excludes halogenated alkanes) is 1. The van der Waals surface area contributed by atoms with E-state index in [9.17, 15) is 5.26 Å². The van der Waals surface area contributed by atoms with E-state index in [0.717, 1.165) is 30.6 Å². The van der Waals surface area contributed by atoms with E-state index in [4.69, 9.17) is 0 Å². The van der Waals surface area contributed by atoms with Crippen LogP contribution >= 0.6 is 0 Å². The lowest BCUT2D eigenvalue weighted by Gasteiger charge is -2.39. The van der Waals surface area contributed by atoms with Gasteiger partial charge < -0.3 is 0 Å². The van der Waals surface area contributed by atoms with Crippen molar-refractivity contribution >= 4 is 0 Å². The molecule has 0 aromatic carbocycles. The van der Waals surface area contributed by atoms with Gasteiger partial charge in [0.05, 0.1) is 11.5 Å². The summed E-state index contributed by atoms with van der Waals surface area (Å²) in [7, 11) is 0. The minimum Gasteiger partial charge on any atom is -0.197 e. The number of hydrogen-bond donors (Lipinski definition) is 0. The largest absolute Gasteiger partial charge is 0.197 e. The molecule has 0 atom stereocenters. The summed E-state index contributed by atoms with van der Waals surface area (Å²) in [6.07, 6.45) is 19.1. The van der Waals surface area contributed by atoms with Gasteiger partial charge in [-0.2, -0.15) is 5.26 Å². The van der Waals surface area contributed by atoms with Crippen LogP contribution in [-0.2, 0) is 0 Å². The molecule has 0 saturated heterocycles. The lowest BCUT2D eigenvalue weighted by atomic mass is 9.64. The van der Waals surface area contributed by atoms with Crippen LogP contribution < -0.4 is 0 Å². The average Bonchev–Trinajstić information content (AvgIpc) is 2.54. The summed E-state index contributed by atoms with van der Waals surface area (Å²) in [6.45, 7) is 4.35. The van der Waals surface area contributed by atoms with Crippen LogP contribution in [-0.4, -0.2) is 0 Å². The summed E-state index contributed by atoms with van der Waals surface area (Å²) in [6, 6.07) is 2.59. The predicted octanol–water partition coefficient (Wildman–Crippen LogP) is 6.26. The highest BCUT2D eigenvalue weighted by Gasteiger charge is 2.36. The molecule has 0 amide bonds. The van der Waals surface area contributed by atoms with Crippen LogP contribution in [0.4, 0.5) is 0 Å². The van der Waals surface area contributed by atoms with Gasteiger partial charge in [-0.1, -0.05) is 51.2 Å². The van der Waals surface area contributed by atoms with E-state index >= 15 is 0 Å². The lowest BCUT2D eigenvalue weighted by molar-refractivity contribution is 0.137. The van der Waals surface area contributed by atoms with Crippen molar-refractivity contribution in [2.45, 2.75) is 84.5 Å². The molecule has 2 rings (SSSR count). The Morgan fingerprint density at radius 1 is 1.05 bits per heavy atom. The fraction of sp³-hybridized carbons (Fsp3) is 0.850. The topological polar surface area (TPSA) is 23.8 Å². The van der Waals surface area contributed by atoms with Crippen LogP contribution in [0.3, 0.4) is 0 Å². The van der Waals surface area contributed by atoms with E-state index in [0.29, 0.717) is 0 Å². The highest BCUT2D eigenvalue weighted by atomic mass is 14.4. The standard InChI is InChI=1S/C20H33N/c1-3-5-6-17-7-9-18(10-8-17)19-11-14-20(16-21,13-4-2)15-12-19/h4,13,17-19H,3,5-12,14-15H2,1-2H3/b13-4-. The number of hydrogen-bond acceptors (Lipinski definition) is 1. The second-order valence-electron chi connectivity index (χ2n) is 7.53. The van der Waals surface area contributed by atoms with Crippen LogP contribution in [0.5, 0.6) is 0 Å². The zero-order valence-electron chi connectivity index (χ0n) is 14.1. The van der Waals surface area contributed by atoms with Crippen LogP contribution in [0.25, 0.3) is 0 Å². The predicted molar refractivity (Wildman–Crippen MR) is 89.8 cm³/mol. The second kappa shape index (κ2) is 8.02. The normalized spacial score (nSPS) is 37.5. The molecule has 0 heterocycles. The molecule has 0 aromatic rings. The van der Waals surface area contributed by atoms with Crippen molar-refractivity contribution in [2.75, 3.05) is 0 Å². The molecule has 0 unspecified atom stereocenters. The fourth-order valence-electron chi connectivity index (χ4n) is 4.70. The fourth-order valence-corrected chi connectivity index (χ4v) is 4.70. The molecule has 2 saturated carbocycles. The van der Waals surface area contributed by atoms with E-state index < -0.39 is 0 Å². The Hall–Kier alpha value is -0.770. The summed E-state index contributed by atoms with van der Waals surface area (Å²) in [5.74, 6) is 2.89. The quantitative estimate of drug-likeness (QED) is 0.547. The number of rotatable bonds is 5. The number of allylic oxidation sites excluding steroid dienone is 2. The summed E-state index contributed by atoms with van der Waals surface area (Å²) in [5, 5.41) is 9.49. The van der Waals surface area contributed by atoms with E-state index in [1.165, 1.54) is 57.8 Å². The maximum atomic E-state index is 9.49. The zero-order chi connectivity index (χ0) is 15.1. The first kappa shape index (κ1) is 16.6. The molecule has 0 spiro atoms. The highest BCUT2D eigenvalue weighted by molar-refractivity contribution is 5.13. The second-order valence-corrected chi connectivity index (χ2v) is 7.53. The third kappa shape index (κ3) is 4.35. The molecular weight excluding hydrogens is 254 g/mol. The first-order valence-electron chi connectivity index (χ1n) is 9.28. The lowest BCUT2D eigenvalue weighted by Crippen LogP contribution is -2.30. The van der Waals surface area contributed by atoms with E-state index in [-0.39, 0.29) is 5.41 Å². The SMILES string of the molecule is C/C=C\C1(C#N)CCC(C2CCC(CCCC)CC2)CC1. The van der Waals surface area contributed by atoms with Crippen molar-refractivity contribution in [3.8, 4) is 6.07 Å². The molecule has 0 aliphatic heterocycles. The van der Waals surface area contributed by atoms with E-state index in [1.807, 2.05) is 6.92 Å². The van der Waals surface area contributed by atoms with Gasteiger partial charge in [0.25, 0.3) is 0 Å². The first-order valence-corrected chi connectivity index (χ1v) is 9.28. The van der Waals surface area contributed by atoms with E-state index in [2.05, 4.69) is 25.1 Å². The Bertz CT molecular complexity index is 360. The van der Waals surface area contributed by atoms with Crippen LogP contribution in [0.1, 0.15) is 84.5 Å². The summed E-state index contributed by atoms with van der Waals surface area (Å²) < 4.78 is 0. The molecule has 2 aliphatic rings. The molecule has 1 nitrogen and oxygen atoms in total. The minimum atomic E-state index is -0.135. The van der Waals surface area contributed by atoms with Crippen molar-refractivity contribution in [1.82, 2.24) is 0 Å². The van der Waals surface area contributed by atoms with Gasteiger partial charge >= 0.3 is 0 Å². The molecule has 118 valence electrons. The Morgan fingerprint density at radius 3 is 2.19 bits per heavy atom. The Labute approximate surface area is 131 Å². The van der Waals surface area contributed by atoms with Gasteiger partial charge in [-0.25, -0.2) is 0 Å². The van der Waals surface area contributed by atoms with Gasteiger partial charge in [0, 0.05) is 0 Å². The van der Waals surface area contributed by atoms with Crippen LogP contribution in [0.2, 0.25) is 0 Å². The monoisotopic (exact) mass is 287 g/mol. The van der Waals surface area contributed by atoms with Gasteiger partial charge in [-0.05, 0) is 63.2 Å². The molecule has 0 aromatic heterocycles. The van der Waals surface area contributed by atoms with Gasteiger partial charge in [0.2, 0.25) is 0 Å². The first-order chi connectivity index (χ1) is 10.2. The maximum Gasteiger partial charge on any atom is 0.0753 e. The maximum absolute atomic E-state index is 9.49. The smallest absolute Gasteiger partial charge is 0.0753 e. The Balaban J connectivity index is 1.78. The van der Waals surface area contributed by atoms with Crippen molar-refractivity contribution in [3.05, 3.63) is 12.2 Å². The summed E-state index contributed by atoms with van der Waals surface area (Å²) >= 11 is 0. The van der Waals surface area contributed by atoms with Gasteiger partial charge in [-0.3, -0.25) is 0 Å². The Morgan fingerprint density at radius 2 is 1.67 bits per heavy atom. The molecule has 0 N–H and O–H groups in total. The molecule has 21 heavy (non-hydrogen) atoms. The summed E-state index contributed by atoms with van der Waals surface area (Å²) in [5.41, 5.74) is -0.135. The van der Waals surface area contributed by atoms with Crippen molar-refractivity contribution in [2.24, 2.45) is 23.2 Å². The average molecular weight is 287 g/mol. The third-order valence-electron chi connectivity index (χ3n) is 6.15. The molecule has 0 radical (unpaired) electrons. The van der Waals surface area contributed by atoms with Crippen molar-refractivity contribution < 1.29 is 0 Å². The zero-order valence-corrected chi connectivity index (χ0v) is 14.1. The van der Waals surface area contributed by atoms with E-state index in [1.54, 1.807) is 0 Å². The number of nitriles is 1. The number of nitrogens with zero attached hydrogens (tertiary/aromatic N) is 1. The van der Waals surface area contributed by atoms with Gasteiger partial charge in [0.15, 0.2) is 0 Å². The minimum absolute atomic E-state index is 0.135. The Kier molecular flexibility index (Phi) is 6.34. The van der Waals surface area contributed by atoms with Crippen molar-refractivity contribution in [3.63, 3.8) is 0 Å². The van der Waals surface area contributed by atoms with Gasteiger partial charge in [0.1, 0.15) is 0 Å². The van der Waals surface area contributed by atoms with Gasteiger partial charge in [-0.15, -0.1) is 0 Å². The molecule has 0 bridgehead atoms. The molecule has 2 fully saturated rings. The third-order valence-corrected chi connectivity index (χ3v) is 6.15.